The average Bonchev–Trinajstić information content (AvgIpc) is 3.46. The van der Waals surface area contributed by atoms with Crippen molar-refractivity contribution in [3.8, 4) is 5.75 Å². The Morgan fingerprint density at radius 2 is 1.94 bits per heavy atom. The SMILES string of the molecule is C=CCOc1ccc(C(O)=C2C(=O)C(=O)N(CCCN3CCOCC3)C2c2cccs2)cc1. The molecule has 8 heteroatoms. The second-order valence-corrected chi connectivity index (χ2v) is 8.92. The standard InChI is InChI=1S/C25H28N2O5S/c1-2-14-32-19-8-6-18(7-9-19)23(28)21-22(20-5-3-17-33-20)27(25(30)24(21)29)11-4-10-26-12-15-31-16-13-26/h2-3,5-9,17,22,28H,1,4,10-16H2. The summed E-state index contributed by atoms with van der Waals surface area (Å²) in [6.45, 7) is 8.45. The van der Waals surface area contributed by atoms with Crippen LogP contribution in [0.3, 0.4) is 0 Å². The number of ether oxygens (including phenoxy) is 2. The molecule has 2 saturated heterocycles. The maximum atomic E-state index is 13.0. The molecule has 0 saturated carbocycles. The zero-order valence-electron chi connectivity index (χ0n) is 18.4. The van der Waals surface area contributed by atoms with Crippen LogP contribution in [-0.2, 0) is 14.3 Å². The normalized spacial score (nSPS) is 20.8. The maximum absolute atomic E-state index is 13.0. The van der Waals surface area contributed by atoms with Crippen LogP contribution in [0.5, 0.6) is 5.75 Å². The van der Waals surface area contributed by atoms with Gasteiger partial charge in [0.15, 0.2) is 0 Å². The molecule has 2 aliphatic heterocycles. The van der Waals surface area contributed by atoms with Gasteiger partial charge in [0.2, 0.25) is 0 Å². The van der Waals surface area contributed by atoms with E-state index in [2.05, 4.69) is 11.5 Å². The van der Waals surface area contributed by atoms with E-state index < -0.39 is 17.7 Å². The second-order valence-electron chi connectivity index (χ2n) is 7.94. The Morgan fingerprint density at radius 1 is 1.18 bits per heavy atom. The van der Waals surface area contributed by atoms with Gasteiger partial charge < -0.3 is 19.5 Å². The van der Waals surface area contributed by atoms with Gasteiger partial charge in [-0.05, 0) is 42.1 Å². The fourth-order valence-corrected chi connectivity index (χ4v) is 5.01. The van der Waals surface area contributed by atoms with Crippen molar-refractivity contribution in [1.29, 1.82) is 0 Å². The summed E-state index contributed by atoms with van der Waals surface area (Å²) in [4.78, 5) is 30.8. The molecule has 0 radical (unpaired) electrons. The third-order valence-corrected chi connectivity index (χ3v) is 6.75. The number of amides is 1. The van der Waals surface area contributed by atoms with Crippen LogP contribution < -0.4 is 4.74 Å². The summed E-state index contributed by atoms with van der Waals surface area (Å²) in [5.74, 6) is -0.755. The molecule has 7 nitrogen and oxygen atoms in total. The lowest BCUT2D eigenvalue weighted by Gasteiger charge is -2.28. The van der Waals surface area contributed by atoms with Gasteiger partial charge in [0.05, 0.1) is 24.8 Å². The van der Waals surface area contributed by atoms with Crippen LogP contribution in [0.15, 0.2) is 60.0 Å². The number of Topliss-reactive ketones (excluding diaryl/α,β-unsaturated/α-hetero) is 1. The Hall–Kier alpha value is -2.94. The number of aliphatic hydroxyl groups excluding tert-OH is 1. The summed E-state index contributed by atoms with van der Waals surface area (Å²) in [7, 11) is 0. The van der Waals surface area contributed by atoms with Gasteiger partial charge in [-0.2, -0.15) is 0 Å². The molecule has 1 amide bonds. The highest BCUT2D eigenvalue weighted by Crippen LogP contribution is 2.41. The van der Waals surface area contributed by atoms with Gasteiger partial charge in [0.25, 0.3) is 11.7 Å². The predicted octanol–water partition coefficient (Wildman–Crippen LogP) is 3.46. The first-order chi connectivity index (χ1) is 16.1. The van der Waals surface area contributed by atoms with E-state index in [1.54, 1.807) is 35.2 Å². The number of hydrogen-bond donors (Lipinski definition) is 1. The Labute approximate surface area is 197 Å². The van der Waals surface area contributed by atoms with Crippen LogP contribution >= 0.6 is 11.3 Å². The van der Waals surface area contributed by atoms with Crippen LogP contribution in [0.2, 0.25) is 0 Å². The van der Waals surface area contributed by atoms with Crippen LogP contribution in [-0.4, -0.2) is 72.6 Å². The lowest BCUT2D eigenvalue weighted by molar-refractivity contribution is -0.140. The van der Waals surface area contributed by atoms with E-state index in [1.165, 1.54) is 11.3 Å². The number of likely N-dealkylation sites (tertiary alicyclic amines) is 1. The summed E-state index contributed by atoms with van der Waals surface area (Å²) in [5.41, 5.74) is 0.599. The molecule has 2 aromatic rings. The van der Waals surface area contributed by atoms with Gasteiger partial charge in [0, 0.05) is 36.6 Å². The van der Waals surface area contributed by atoms with Crippen molar-refractivity contribution in [3.05, 3.63) is 70.4 Å². The minimum Gasteiger partial charge on any atom is -0.507 e. The van der Waals surface area contributed by atoms with Gasteiger partial charge in [-0.15, -0.1) is 11.3 Å². The molecule has 1 aromatic carbocycles. The van der Waals surface area contributed by atoms with Crippen molar-refractivity contribution in [2.24, 2.45) is 0 Å². The molecular weight excluding hydrogens is 440 g/mol. The van der Waals surface area contributed by atoms with Gasteiger partial charge >= 0.3 is 0 Å². The molecule has 0 spiro atoms. The number of rotatable bonds is 9. The third kappa shape index (κ3) is 5.19. The Morgan fingerprint density at radius 3 is 2.61 bits per heavy atom. The first kappa shape index (κ1) is 23.2. The number of benzene rings is 1. The zero-order valence-corrected chi connectivity index (χ0v) is 19.3. The maximum Gasteiger partial charge on any atom is 0.295 e. The molecule has 1 aromatic heterocycles. The van der Waals surface area contributed by atoms with E-state index in [9.17, 15) is 14.7 Å². The van der Waals surface area contributed by atoms with Crippen LogP contribution in [0, 0.1) is 0 Å². The number of nitrogens with zero attached hydrogens (tertiary/aromatic N) is 2. The zero-order chi connectivity index (χ0) is 23.2. The fraction of sp³-hybridized carbons (Fsp3) is 0.360. The molecule has 1 N–H and O–H groups in total. The van der Waals surface area contributed by atoms with Gasteiger partial charge in [-0.25, -0.2) is 0 Å². The number of ketones is 1. The Balaban J connectivity index is 1.58. The molecule has 0 bridgehead atoms. The minimum atomic E-state index is -0.649. The highest BCUT2D eigenvalue weighted by Gasteiger charge is 2.46. The summed E-state index contributed by atoms with van der Waals surface area (Å²) in [6.07, 6.45) is 2.39. The van der Waals surface area contributed by atoms with E-state index in [0.717, 1.165) is 44.1 Å². The monoisotopic (exact) mass is 468 g/mol. The molecule has 1 unspecified atom stereocenters. The minimum absolute atomic E-state index is 0.133. The Kier molecular flexibility index (Phi) is 7.59. The van der Waals surface area contributed by atoms with Crippen molar-refractivity contribution in [1.82, 2.24) is 9.80 Å². The fourth-order valence-electron chi connectivity index (χ4n) is 4.16. The van der Waals surface area contributed by atoms with E-state index >= 15 is 0 Å². The molecule has 2 aliphatic rings. The molecule has 0 aliphatic carbocycles. The van der Waals surface area contributed by atoms with Crippen LogP contribution in [0.25, 0.3) is 5.76 Å². The Bertz CT molecular complexity index is 1010. The van der Waals surface area contributed by atoms with Crippen molar-refractivity contribution in [2.45, 2.75) is 12.5 Å². The van der Waals surface area contributed by atoms with E-state index in [0.29, 0.717) is 24.5 Å². The van der Waals surface area contributed by atoms with Crippen LogP contribution in [0.4, 0.5) is 0 Å². The summed E-state index contributed by atoms with van der Waals surface area (Å²) < 4.78 is 10.9. The molecule has 1 atom stereocenters. The van der Waals surface area contributed by atoms with Crippen molar-refractivity contribution in [3.63, 3.8) is 0 Å². The molecule has 174 valence electrons. The molecule has 33 heavy (non-hydrogen) atoms. The quantitative estimate of drug-likeness (QED) is 0.263. The summed E-state index contributed by atoms with van der Waals surface area (Å²) >= 11 is 1.47. The number of carbonyl (C=O) groups is 2. The molecular formula is C25H28N2O5S. The predicted molar refractivity (Wildman–Crippen MR) is 127 cm³/mol. The van der Waals surface area contributed by atoms with Gasteiger partial charge in [-0.1, -0.05) is 18.7 Å². The topological polar surface area (TPSA) is 79.3 Å². The smallest absolute Gasteiger partial charge is 0.295 e. The first-order valence-electron chi connectivity index (χ1n) is 11.1. The third-order valence-electron chi connectivity index (χ3n) is 5.83. The van der Waals surface area contributed by atoms with Crippen molar-refractivity contribution in [2.75, 3.05) is 46.0 Å². The molecule has 3 heterocycles. The summed E-state index contributed by atoms with van der Waals surface area (Å²) in [5, 5.41) is 13.0. The largest absolute Gasteiger partial charge is 0.507 e. The second kappa shape index (κ2) is 10.8. The van der Waals surface area contributed by atoms with Gasteiger partial charge in [0.1, 0.15) is 18.1 Å². The van der Waals surface area contributed by atoms with Crippen molar-refractivity contribution >= 4 is 28.8 Å². The molecule has 2 fully saturated rings. The summed E-state index contributed by atoms with van der Waals surface area (Å²) in [6, 6.07) is 10.0. The highest BCUT2D eigenvalue weighted by atomic mass is 32.1. The number of hydrogen-bond acceptors (Lipinski definition) is 7. The lowest BCUT2D eigenvalue weighted by Crippen LogP contribution is -2.38. The number of thiophene rings is 1. The number of morpholine rings is 1. The van der Waals surface area contributed by atoms with E-state index in [-0.39, 0.29) is 11.3 Å². The first-order valence-corrected chi connectivity index (χ1v) is 11.9. The number of carbonyl (C=O) groups excluding carboxylic acids is 2. The van der Waals surface area contributed by atoms with E-state index in [4.69, 9.17) is 9.47 Å². The van der Waals surface area contributed by atoms with E-state index in [1.807, 2.05) is 17.5 Å². The molecule has 4 rings (SSSR count). The lowest BCUT2D eigenvalue weighted by atomic mass is 10.00. The average molecular weight is 469 g/mol. The highest BCUT2D eigenvalue weighted by molar-refractivity contribution is 7.10. The number of aliphatic hydroxyl groups is 1. The van der Waals surface area contributed by atoms with Crippen molar-refractivity contribution < 1.29 is 24.2 Å². The van der Waals surface area contributed by atoms with Gasteiger partial charge in [-0.3, -0.25) is 14.5 Å². The van der Waals surface area contributed by atoms with Crippen LogP contribution in [0.1, 0.15) is 22.9 Å².